The first-order valence-corrected chi connectivity index (χ1v) is 4.78. The summed E-state index contributed by atoms with van der Waals surface area (Å²) >= 11 is 0. The van der Waals surface area contributed by atoms with E-state index >= 15 is 0 Å². The smallest absolute Gasteiger partial charge is 0.306 e. The molecule has 0 bridgehead atoms. The minimum absolute atomic E-state index is 0.0364. The van der Waals surface area contributed by atoms with Gasteiger partial charge in [-0.1, -0.05) is 0 Å². The van der Waals surface area contributed by atoms with Crippen molar-refractivity contribution in [1.29, 1.82) is 0 Å². The summed E-state index contributed by atoms with van der Waals surface area (Å²) in [6.45, 7) is 2.83. The fourth-order valence-corrected chi connectivity index (χ4v) is 1.45. The summed E-state index contributed by atoms with van der Waals surface area (Å²) in [5.41, 5.74) is 0. The lowest BCUT2D eigenvalue weighted by Crippen LogP contribution is -2.44. The molecule has 1 aliphatic heterocycles. The van der Waals surface area contributed by atoms with Crippen LogP contribution in [0.25, 0.3) is 0 Å². The average molecular weight is 203 g/mol. The number of carbonyl (C=O) groups is 1. The number of carbonyl (C=O) groups excluding carboxylic acids is 1. The molecule has 1 rings (SSSR count). The Morgan fingerprint density at radius 2 is 2.50 bits per heavy atom. The molecule has 82 valence electrons. The van der Waals surface area contributed by atoms with Gasteiger partial charge in [-0.05, 0) is 0 Å². The zero-order valence-electron chi connectivity index (χ0n) is 8.44. The minimum atomic E-state index is -0.197. The van der Waals surface area contributed by atoms with E-state index in [2.05, 4.69) is 9.64 Å². The number of hydrogen-bond donors (Lipinski definition) is 1. The molecule has 0 aromatic heterocycles. The van der Waals surface area contributed by atoms with Crippen LogP contribution in [0.15, 0.2) is 0 Å². The molecule has 0 amide bonds. The molecule has 5 heteroatoms. The second-order valence-electron chi connectivity index (χ2n) is 3.30. The van der Waals surface area contributed by atoms with Crippen LogP contribution in [0, 0.1) is 0 Å². The fraction of sp³-hybridized carbons (Fsp3) is 0.889. The van der Waals surface area contributed by atoms with Gasteiger partial charge >= 0.3 is 5.97 Å². The summed E-state index contributed by atoms with van der Waals surface area (Å²) in [5, 5.41) is 8.89. The molecule has 0 saturated carbocycles. The Balaban J connectivity index is 2.20. The topological polar surface area (TPSA) is 59.0 Å². The number of hydrogen-bond acceptors (Lipinski definition) is 5. The van der Waals surface area contributed by atoms with Crippen molar-refractivity contribution >= 4 is 5.97 Å². The van der Waals surface area contributed by atoms with Gasteiger partial charge in [-0.2, -0.15) is 0 Å². The molecule has 1 fully saturated rings. The maximum Gasteiger partial charge on any atom is 0.306 e. The summed E-state index contributed by atoms with van der Waals surface area (Å²) in [7, 11) is 1.39. The number of aliphatic hydroxyl groups is 1. The van der Waals surface area contributed by atoms with Gasteiger partial charge in [-0.3, -0.25) is 9.69 Å². The number of aliphatic hydroxyl groups excluding tert-OH is 1. The van der Waals surface area contributed by atoms with Crippen LogP contribution in [-0.4, -0.2) is 62.0 Å². The third-order valence-corrected chi connectivity index (χ3v) is 2.29. The maximum absolute atomic E-state index is 10.9. The Morgan fingerprint density at radius 3 is 3.14 bits per heavy atom. The first kappa shape index (κ1) is 11.4. The molecule has 0 aliphatic carbocycles. The Bertz CT molecular complexity index is 186. The third-order valence-electron chi connectivity index (χ3n) is 2.29. The van der Waals surface area contributed by atoms with Crippen LogP contribution in [0.3, 0.4) is 0 Å². The fourth-order valence-electron chi connectivity index (χ4n) is 1.45. The molecule has 0 aromatic carbocycles. The predicted octanol–water partition coefficient (Wildman–Crippen LogP) is -0.757. The quantitative estimate of drug-likeness (QED) is 0.609. The Kier molecular flexibility index (Phi) is 4.86. The molecule has 1 heterocycles. The van der Waals surface area contributed by atoms with Crippen LogP contribution < -0.4 is 0 Å². The molecule has 1 saturated heterocycles. The van der Waals surface area contributed by atoms with Gasteiger partial charge in [0, 0.05) is 19.6 Å². The van der Waals surface area contributed by atoms with Crippen molar-refractivity contribution in [2.24, 2.45) is 0 Å². The van der Waals surface area contributed by atoms with Crippen molar-refractivity contribution in [1.82, 2.24) is 4.90 Å². The molecule has 0 aromatic rings. The van der Waals surface area contributed by atoms with E-state index in [1.807, 2.05) is 0 Å². The predicted molar refractivity (Wildman–Crippen MR) is 49.9 cm³/mol. The largest absolute Gasteiger partial charge is 0.469 e. The second-order valence-corrected chi connectivity index (χ2v) is 3.30. The van der Waals surface area contributed by atoms with Gasteiger partial charge in [-0.15, -0.1) is 0 Å². The lowest BCUT2D eigenvalue weighted by atomic mass is 10.2. The van der Waals surface area contributed by atoms with Gasteiger partial charge in [0.2, 0.25) is 0 Å². The summed E-state index contributed by atoms with van der Waals surface area (Å²) in [6.07, 6.45) is 0.288. The van der Waals surface area contributed by atoms with E-state index in [1.54, 1.807) is 0 Å². The molecular formula is C9H17NO4. The van der Waals surface area contributed by atoms with E-state index in [4.69, 9.17) is 9.84 Å². The highest BCUT2D eigenvalue weighted by molar-refractivity contribution is 5.69. The van der Waals surface area contributed by atoms with Crippen LogP contribution in [0.4, 0.5) is 0 Å². The SMILES string of the molecule is COC(=O)CCN1CCOC(CO)C1. The van der Waals surface area contributed by atoms with E-state index in [0.29, 0.717) is 26.1 Å². The number of morpholine rings is 1. The van der Waals surface area contributed by atoms with Crippen LogP contribution in [0.5, 0.6) is 0 Å². The zero-order valence-corrected chi connectivity index (χ0v) is 8.44. The Hall–Kier alpha value is -0.650. The normalized spacial score (nSPS) is 23.4. The van der Waals surface area contributed by atoms with Crippen molar-refractivity contribution in [2.75, 3.05) is 40.0 Å². The lowest BCUT2D eigenvalue weighted by Gasteiger charge is -2.31. The molecule has 0 spiro atoms. The molecule has 0 radical (unpaired) electrons. The van der Waals surface area contributed by atoms with E-state index in [9.17, 15) is 4.79 Å². The van der Waals surface area contributed by atoms with Gasteiger partial charge in [0.15, 0.2) is 0 Å². The van der Waals surface area contributed by atoms with Crippen LogP contribution in [0.1, 0.15) is 6.42 Å². The van der Waals surface area contributed by atoms with Crippen molar-refractivity contribution in [2.45, 2.75) is 12.5 Å². The van der Waals surface area contributed by atoms with E-state index in [1.165, 1.54) is 7.11 Å². The molecule has 1 atom stereocenters. The van der Waals surface area contributed by atoms with E-state index in [-0.39, 0.29) is 18.7 Å². The van der Waals surface area contributed by atoms with Crippen LogP contribution >= 0.6 is 0 Å². The van der Waals surface area contributed by atoms with Gasteiger partial charge in [0.1, 0.15) is 0 Å². The van der Waals surface area contributed by atoms with Gasteiger partial charge < -0.3 is 14.6 Å². The highest BCUT2D eigenvalue weighted by Gasteiger charge is 2.19. The molecule has 1 unspecified atom stereocenters. The summed E-state index contributed by atoms with van der Waals surface area (Å²) in [6, 6.07) is 0. The summed E-state index contributed by atoms with van der Waals surface area (Å²) in [5.74, 6) is -0.197. The zero-order chi connectivity index (χ0) is 10.4. The number of ether oxygens (including phenoxy) is 2. The summed E-state index contributed by atoms with van der Waals surface area (Å²) < 4.78 is 9.83. The molecule has 5 nitrogen and oxygen atoms in total. The van der Waals surface area contributed by atoms with E-state index in [0.717, 1.165) is 6.54 Å². The first-order valence-electron chi connectivity index (χ1n) is 4.78. The molecular weight excluding hydrogens is 186 g/mol. The Labute approximate surface area is 83.6 Å². The van der Waals surface area contributed by atoms with Gasteiger partial charge in [0.25, 0.3) is 0 Å². The van der Waals surface area contributed by atoms with E-state index < -0.39 is 0 Å². The van der Waals surface area contributed by atoms with Gasteiger partial charge in [0.05, 0.1) is 32.8 Å². The molecule has 1 N–H and O–H groups in total. The highest BCUT2D eigenvalue weighted by atomic mass is 16.5. The maximum atomic E-state index is 10.9. The number of rotatable bonds is 4. The minimum Gasteiger partial charge on any atom is -0.469 e. The average Bonchev–Trinajstić information content (AvgIpc) is 2.26. The van der Waals surface area contributed by atoms with Crippen LogP contribution in [-0.2, 0) is 14.3 Å². The van der Waals surface area contributed by atoms with Crippen molar-refractivity contribution < 1.29 is 19.4 Å². The van der Waals surface area contributed by atoms with Gasteiger partial charge in [-0.25, -0.2) is 0 Å². The number of methoxy groups -OCH3 is 1. The highest BCUT2D eigenvalue weighted by Crippen LogP contribution is 2.05. The standard InChI is InChI=1S/C9H17NO4/c1-13-9(12)2-3-10-4-5-14-8(6-10)7-11/h8,11H,2-7H2,1H3. The lowest BCUT2D eigenvalue weighted by molar-refractivity contribution is -0.141. The van der Waals surface area contributed by atoms with Crippen molar-refractivity contribution in [3.05, 3.63) is 0 Å². The first-order chi connectivity index (χ1) is 6.76. The van der Waals surface area contributed by atoms with Crippen molar-refractivity contribution in [3.63, 3.8) is 0 Å². The summed E-state index contributed by atoms with van der Waals surface area (Å²) in [4.78, 5) is 13.0. The van der Waals surface area contributed by atoms with Crippen LogP contribution in [0.2, 0.25) is 0 Å². The second kappa shape index (κ2) is 5.95. The monoisotopic (exact) mass is 203 g/mol. The number of nitrogens with zero attached hydrogens (tertiary/aromatic N) is 1. The number of esters is 1. The Morgan fingerprint density at radius 1 is 1.71 bits per heavy atom. The molecule has 1 aliphatic rings. The van der Waals surface area contributed by atoms with Crippen molar-refractivity contribution in [3.8, 4) is 0 Å². The molecule has 14 heavy (non-hydrogen) atoms. The third kappa shape index (κ3) is 3.61.